The molecule has 2 aromatic carbocycles. The smallest absolute Gasteiger partial charge is 0.229 e. The number of aromatic nitrogens is 1. The van der Waals surface area contributed by atoms with E-state index in [0.29, 0.717) is 36.9 Å². The summed E-state index contributed by atoms with van der Waals surface area (Å²) in [5.74, 6) is 0.939. The van der Waals surface area contributed by atoms with Crippen LogP contribution < -0.4 is 19.7 Å². The number of nitrogens with one attached hydrogen (secondary N) is 1. The van der Waals surface area contributed by atoms with Crippen LogP contribution in [0, 0.1) is 11.7 Å². The standard InChI is InChI=1S/C21H20FN3O3S/c22-14-3-5-16-19(10-14)29-21(24-16)25-7-1-2-13(12-25)20(26)23-15-4-6-17-18(11-15)28-9-8-27-17/h3-6,10-11,13H,1-2,7-9,12H2,(H,23,26). The molecule has 3 heterocycles. The Hall–Kier alpha value is -2.87. The SMILES string of the molecule is O=C(Nc1ccc2c(c1)OCCO2)C1CCCN(c2nc3ccc(F)cc3s2)C1. The van der Waals surface area contributed by atoms with Crippen LogP contribution in [-0.4, -0.2) is 37.2 Å². The minimum atomic E-state index is -0.261. The van der Waals surface area contributed by atoms with Crippen molar-refractivity contribution < 1.29 is 18.7 Å². The first-order valence-corrected chi connectivity index (χ1v) is 10.5. The first-order chi connectivity index (χ1) is 14.2. The van der Waals surface area contributed by atoms with E-state index in [1.165, 1.54) is 23.5 Å². The molecule has 1 fully saturated rings. The van der Waals surface area contributed by atoms with Crippen LogP contribution in [0.25, 0.3) is 10.2 Å². The molecule has 0 aliphatic carbocycles. The summed E-state index contributed by atoms with van der Waals surface area (Å²) in [5, 5.41) is 3.84. The van der Waals surface area contributed by atoms with Crippen LogP contribution in [0.15, 0.2) is 36.4 Å². The summed E-state index contributed by atoms with van der Waals surface area (Å²) in [6.45, 7) is 2.48. The molecule has 29 heavy (non-hydrogen) atoms. The summed E-state index contributed by atoms with van der Waals surface area (Å²) in [6, 6.07) is 10.1. The monoisotopic (exact) mass is 413 g/mol. The second-order valence-corrected chi connectivity index (χ2v) is 8.25. The molecule has 150 valence electrons. The molecule has 0 bridgehead atoms. The summed E-state index contributed by atoms with van der Waals surface area (Å²) in [6.07, 6.45) is 1.73. The Bertz CT molecular complexity index is 1070. The molecule has 0 radical (unpaired) electrons. The fourth-order valence-electron chi connectivity index (χ4n) is 3.75. The molecule has 1 N–H and O–H groups in total. The average Bonchev–Trinajstić information content (AvgIpc) is 3.17. The van der Waals surface area contributed by atoms with Gasteiger partial charge in [0.25, 0.3) is 0 Å². The van der Waals surface area contributed by atoms with E-state index in [0.717, 1.165) is 34.7 Å². The zero-order valence-corrected chi connectivity index (χ0v) is 16.5. The van der Waals surface area contributed by atoms with Crippen molar-refractivity contribution in [3.05, 3.63) is 42.2 Å². The summed E-state index contributed by atoms with van der Waals surface area (Å²) >= 11 is 1.46. The van der Waals surface area contributed by atoms with Gasteiger partial charge in [0.2, 0.25) is 5.91 Å². The van der Waals surface area contributed by atoms with E-state index in [2.05, 4.69) is 15.2 Å². The highest BCUT2D eigenvalue weighted by molar-refractivity contribution is 7.22. The minimum Gasteiger partial charge on any atom is -0.486 e. The van der Waals surface area contributed by atoms with Gasteiger partial charge in [-0.1, -0.05) is 11.3 Å². The van der Waals surface area contributed by atoms with Crippen molar-refractivity contribution in [3.8, 4) is 11.5 Å². The molecule has 6 nitrogen and oxygen atoms in total. The molecule has 8 heteroatoms. The molecular formula is C21H20FN3O3S. The molecule has 2 aliphatic rings. The molecule has 0 spiro atoms. The lowest BCUT2D eigenvalue weighted by Crippen LogP contribution is -2.40. The number of piperidine rings is 1. The maximum Gasteiger partial charge on any atom is 0.229 e. The predicted molar refractivity (Wildman–Crippen MR) is 111 cm³/mol. The van der Waals surface area contributed by atoms with Gasteiger partial charge in [0.05, 0.1) is 16.1 Å². The Kier molecular flexibility index (Phi) is 4.71. The van der Waals surface area contributed by atoms with E-state index in [9.17, 15) is 9.18 Å². The molecule has 3 aromatic rings. The van der Waals surface area contributed by atoms with Gasteiger partial charge in [-0.2, -0.15) is 0 Å². The number of ether oxygens (including phenoxy) is 2. The molecule has 1 saturated heterocycles. The van der Waals surface area contributed by atoms with E-state index < -0.39 is 0 Å². The van der Waals surface area contributed by atoms with Gasteiger partial charge < -0.3 is 19.7 Å². The van der Waals surface area contributed by atoms with Gasteiger partial charge in [-0.05, 0) is 43.2 Å². The van der Waals surface area contributed by atoms with Crippen LogP contribution in [0.5, 0.6) is 11.5 Å². The number of anilines is 2. The van der Waals surface area contributed by atoms with Gasteiger partial charge in [0.15, 0.2) is 16.6 Å². The highest BCUT2D eigenvalue weighted by atomic mass is 32.1. The molecule has 1 atom stereocenters. The quantitative estimate of drug-likeness (QED) is 0.702. The van der Waals surface area contributed by atoms with E-state index in [1.807, 2.05) is 12.1 Å². The van der Waals surface area contributed by atoms with Crippen molar-refractivity contribution in [2.24, 2.45) is 5.92 Å². The Balaban J connectivity index is 1.29. The molecular weight excluding hydrogens is 393 g/mol. The van der Waals surface area contributed by atoms with E-state index in [1.54, 1.807) is 12.1 Å². The van der Waals surface area contributed by atoms with Crippen LogP contribution in [0.2, 0.25) is 0 Å². The lowest BCUT2D eigenvalue weighted by molar-refractivity contribution is -0.120. The van der Waals surface area contributed by atoms with Crippen LogP contribution in [0.3, 0.4) is 0 Å². The number of carbonyl (C=O) groups is 1. The largest absolute Gasteiger partial charge is 0.486 e. The second kappa shape index (κ2) is 7.51. The number of carbonyl (C=O) groups excluding carboxylic acids is 1. The van der Waals surface area contributed by atoms with Gasteiger partial charge in [-0.3, -0.25) is 4.79 Å². The molecule has 1 amide bonds. The predicted octanol–water partition coefficient (Wildman–Crippen LogP) is 4.06. The number of amides is 1. The van der Waals surface area contributed by atoms with Gasteiger partial charge in [0, 0.05) is 24.8 Å². The molecule has 1 unspecified atom stereocenters. The highest BCUT2D eigenvalue weighted by Crippen LogP contribution is 2.34. The van der Waals surface area contributed by atoms with Crippen molar-refractivity contribution in [2.45, 2.75) is 12.8 Å². The Morgan fingerprint density at radius 2 is 2.03 bits per heavy atom. The van der Waals surface area contributed by atoms with Crippen molar-refractivity contribution in [2.75, 3.05) is 36.5 Å². The molecule has 1 aromatic heterocycles. The fourth-order valence-corrected chi connectivity index (χ4v) is 4.78. The fraction of sp³-hybridized carbons (Fsp3) is 0.333. The zero-order valence-electron chi connectivity index (χ0n) is 15.7. The van der Waals surface area contributed by atoms with Gasteiger partial charge in [-0.25, -0.2) is 9.37 Å². The lowest BCUT2D eigenvalue weighted by atomic mass is 9.97. The van der Waals surface area contributed by atoms with E-state index >= 15 is 0 Å². The maximum atomic E-state index is 13.5. The Morgan fingerprint density at radius 3 is 2.93 bits per heavy atom. The lowest BCUT2D eigenvalue weighted by Gasteiger charge is -2.31. The van der Waals surface area contributed by atoms with Crippen LogP contribution in [-0.2, 0) is 4.79 Å². The summed E-state index contributed by atoms with van der Waals surface area (Å²) in [5.41, 5.74) is 1.49. The third-order valence-electron chi connectivity index (χ3n) is 5.21. The van der Waals surface area contributed by atoms with Crippen molar-refractivity contribution in [1.29, 1.82) is 0 Å². The highest BCUT2D eigenvalue weighted by Gasteiger charge is 2.28. The van der Waals surface area contributed by atoms with Gasteiger partial charge >= 0.3 is 0 Å². The van der Waals surface area contributed by atoms with Crippen LogP contribution >= 0.6 is 11.3 Å². The van der Waals surface area contributed by atoms with E-state index in [4.69, 9.17) is 9.47 Å². The second-order valence-electron chi connectivity index (χ2n) is 7.24. The van der Waals surface area contributed by atoms with E-state index in [-0.39, 0.29) is 17.6 Å². The van der Waals surface area contributed by atoms with Crippen molar-refractivity contribution in [1.82, 2.24) is 4.98 Å². The third kappa shape index (κ3) is 3.72. The minimum absolute atomic E-state index is 0.0152. The number of hydrogen-bond donors (Lipinski definition) is 1. The summed E-state index contributed by atoms with van der Waals surface area (Å²) in [4.78, 5) is 19.6. The molecule has 0 saturated carbocycles. The molecule has 2 aliphatic heterocycles. The first-order valence-electron chi connectivity index (χ1n) is 9.67. The van der Waals surface area contributed by atoms with Gasteiger partial charge in [-0.15, -0.1) is 0 Å². The first kappa shape index (κ1) is 18.2. The van der Waals surface area contributed by atoms with Crippen molar-refractivity contribution >= 4 is 38.3 Å². The van der Waals surface area contributed by atoms with Gasteiger partial charge in [0.1, 0.15) is 19.0 Å². The summed E-state index contributed by atoms with van der Waals surface area (Å²) < 4.78 is 25.4. The van der Waals surface area contributed by atoms with Crippen molar-refractivity contribution in [3.63, 3.8) is 0 Å². The summed E-state index contributed by atoms with van der Waals surface area (Å²) in [7, 11) is 0. The number of hydrogen-bond acceptors (Lipinski definition) is 6. The average molecular weight is 413 g/mol. The van der Waals surface area contributed by atoms with Crippen LogP contribution in [0.4, 0.5) is 15.2 Å². The third-order valence-corrected chi connectivity index (χ3v) is 6.29. The van der Waals surface area contributed by atoms with Crippen LogP contribution in [0.1, 0.15) is 12.8 Å². The molecule has 5 rings (SSSR count). The zero-order chi connectivity index (χ0) is 19.8. The normalized spacial score (nSPS) is 18.7. The maximum absolute atomic E-state index is 13.5. The number of benzene rings is 2. The number of rotatable bonds is 3. The Morgan fingerprint density at radius 1 is 1.17 bits per heavy atom. The number of nitrogens with zero attached hydrogens (tertiary/aromatic N) is 2. The number of fused-ring (bicyclic) bond motifs is 2. The Labute approximate surface area is 171 Å². The number of thiazole rings is 1. The topological polar surface area (TPSA) is 63.7 Å². The number of halogens is 1.